The number of piperidine rings is 1. The number of anilines is 1. The van der Waals surface area contributed by atoms with Crippen LogP contribution in [0.25, 0.3) is 0 Å². The van der Waals surface area contributed by atoms with E-state index in [0.29, 0.717) is 17.6 Å². The third-order valence-corrected chi connectivity index (χ3v) is 4.49. The van der Waals surface area contributed by atoms with Gasteiger partial charge in [-0.2, -0.15) is 0 Å². The van der Waals surface area contributed by atoms with Gasteiger partial charge in [-0.1, -0.05) is 13.0 Å². The number of H-pyrrole nitrogens is 1. The number of aromatic amines is 1. The molecule has 3 rings (SSSR count). The van der Waals surface area contributed by atoms with Crippen molar-refractivity contribution in [2.24, 2.45) is 5.92 Å². The molecule has 26 heavy (non-hydrogen) atoms. The average molecular weight is 362 g/mol. The number of hydrogen-bond acceptors (Lipinski definition) is 4. The summed E-state index contributed by atoms with van der Waals surface area (Å²) in [7, 11) is 0. The van der Waals surface area contributed by atoms with Gasteiger partial charge in [0.2, 0.25) is 5.95 Å². The largest absolute Gasteiger partial charge is 0.346 e. The van der Waals surface area contributed by atoms with Gasteiger partial charge >= 0.3 is 0 Å². The number of halogens is 2. The molecule has 8 heteroatoms. The topological polar surface area (TPSA) is 78.1 Å². The predicted molar refractivity (Wildman–Crippen MR) is 93.0 cm³/mol. The summed E-state index contributed by atoms with van der Waals surface area (Å²) >= 11 is 0. The molecular formula is C18H20F2N4O2. The number of amides is 1. The lowest BCUT2D eigenvalue weighted by Crippen LogP contribution is -2.35. The van der Waals surface area contributed by atoms with Crippen LogP contribution in [0.1, 0.15) is 35.8 Å². The zero-order valence-corrected chi connectivity index (χ0v) is 14.4. The molecule has 1 fully saturated rings. The van der Waals surface area contributed by atoms with E-state index in [1.54, 1.807) is 0 Å². The Balaban J connectivity index is 1.71. The average Bonchev–Trinajstić information content (AvgIpc) is 2.62. The number of nitrogens with one attached hydrogen (secondary N) is 2. The van der Waals surface area contributed by atoms with E-state index in [1.165, 1.54) is 18.2 Å². The Morgan fingerprint density at radius 3 is 2.81 bits per heavy atom. The molecule has 1 aromatic carbocycles. The van der Waals surface area contributed by atoms with Crippen molar-refractivity contribution in [3.8, 4) is 0 Å². The third-order valence-electron chi connectivity index (χ3n) is 4.49. The minimum atomic E-state index is -1.20. The maximum Gasteiger partial charge on any atom is 0.254 e. The van der Waals surface area contributed by atoms with Crippen molar-refractivity contribution < 1.29 is 13.6 Å². The van der Waals surface area contributed by atoms with Crippen LogP contribution in [0.2, 0.25) is 0 Å². The van der Waals surface area contributed by atoms with Gasteiger partial charge in [-0.3, -0.25) is 14.6 Å². The SMILES string of the molecule is CC1CCN(c2nc(CNC(=O)c3cccc(F)c3F)cc(=O)[nH]2)CC1. The molecule has 6 nitrogen and oxygen atoms in total. The Labute approximate surface area is 149 Å². The van der Waals surface area contributed by atoms with E-state index < -0.39 is 17.5 Å². The minimum Gasteiger partial charge on any atom is -0.346 e. The summed E-state index contributed by atoms with van der Waals surface area (Å²) in [6, 6.07) is 4.67. The molecule has 0 saturated carbocycles. The summed E-state index contributed by atoms with van der Waals surface area (Å²) in [6.45, 7) is 3.73. The van der Waals surface area contributed by atoms with Crippen LogP contribution in [-0.2, 0) is 6.54 Å². The van der Waals surface area contributed by atoms with Gasteiger partial charge < -0.3 is 10.2 Å². The lowest BCUT2D eigenvalue weighted by molar-refractivity contribution is 0.0945. The lowest BCUT2D eigenvalue weighted by atomic mass is 10.00. The molecule has 0 unspecified atom stereocenters. The van der Waals surface area contributed by atoms with Gasteiger partial charge in [-0.05, 0) is 30.9 Å². The quantitative estimate of drug-likeness (QED) is 0.874. The molecular weight excluding hydrogens is 342 g/mol. The summed E-state index contributed by atoms with van der Waals surface area (Å²) in [6.07, 6.45) is 2.03. The van der Waals surface area contributed by atoms with Crippen LogP contribution in [0.15, 0.2) is 29.1 Å². The number of carbonyl (C=O) groups excluding carboxylic acids is 1. The van der Waals surface area contributed by atoms with Gasteiger partial charge in [0, 0.05) is 19.2 Å². The first-order valence-corrected chi connectivity index (χ1v) is 8.51. The van der Waals surface area contributed by atoms with E-state index in [9.17, 15) is 18.4 Å². The van der Waals surface area contributed by atoms with E-state index in [-0.39, 0.29) is 17.7 Å². The summed E-state index contributed by atoms with van der Waals surface area (Å²) in [5, 5.41) is 2.47. The van der Waals surface area contributed by atoms with Crippen LogP contribution in [-0.4, -0.2) is 29.0 Å². The molecule has 2 aromatic rings. The van der Waals surface area contributed by atoms with E-state index in [4.69, 9.17) is 0 Å². The van der Waals surface area contributed by atoms with E-state index in [0.717, 1.165) is 32.0 Å². The van der Waals surface area contributed by atoms with Crippen molar-refractivity contribution in [1.82, 2.24) is 15.3 Å². The highest BCUT2D eigenvalue weighted by atomic mass is 19.2. The molecule has 1 amide bonds. The number of aromatic nitrogens is 2. The maximum absolute atomic E-state index is 13.7. The maximum atomic E-state index is 13.7. The van der Waals surface area contributed by atoms with Crippen LogP contribution in [0.3, 0.4) is 0 Å². The first-order chi connectivity index (χ1) is 12.4. The monoisotopic (exact) mass is 362 g/mol. The number of nitrogens with zero attached hydrogens (tertiary/aromatic N) is 2. The van der Waals surface area contributed by atoms with Crippen molar-refractivity contribution >= 4 is 11.9 Å². The Kier molecular flexibility index (Phi) is 5.29. The highest BCUT2D eigenvalue weighted by Crippen LogP contribution is 2.19. The number of benzene rings is 1. The highest BCUT2D eigenvalue weighted by Gasteiger charge is 2.19. The molecule has 138 valence electrons. The molecule has 0 spiro atoms. The molecule has 0 aliphatic carbocycles. The van der Waals surface area contributed by atoms with Crippen molar-refractivity contribution in [2.45, 2.75) is 26.3 Å². The molecule has 0 atom stereocenters. The van der Waals surface area contributed by atoms with Crippen LogP contribution >= 0.6 is 0 Å². The summed E-state index contributed by atoms with van der Waals surface area (Å²) in [4.78, 5) is 33.0. The Morgan fingerprint density at radius 2 is 2.08 bits per heavy atom. The van der Waals surface area contributed by atoms with Gasteiger partial charge in [-0.15, -0.1) is 0 Å². The van der Waals surface area contributed by atoms with Gasteiger partial charge in [0.05, 0.1) is 17.8 Å². The standard InChI is InChI=1S/C18H20F2N4O2/c1-11-5-7-24(8-6-11)18-22-12(9-15(25)23-18)10-21-17(26)13-3-2-4-14(19)16(13)20/h2-4,9,11H,5-8,10H2,1H3,(H,21,26)(H,22,23,25). The summed E-state index contributed by atoms with van der Waals surface area (Å²) in [5.41, 5.74) is -0.359. The fourth-order valence-corrected chi connectivity index (χ4v) is 2.90. The van der Waals surface area contributed by atoms with Gasteiger partial charge in [-0.25, -0.2) is 13.8 Å². The van der Waals surface area contributed by atoms with E-state index >= 15 is 0 Å². The van der Waals surface area contributed by atoms with Crippen LogP contribution in [0.4, 0.5) is 14.7 Å². The smallest absolute Gasteiger partial charge is 0.254 e. The van der Waals surface area contributed by atoms with Crippen molar-refractivity contribution in [3.05, 3.63) is 57.5 Å². The minimum absolute atomic E-state index is 0.0596. The van der Waals surface area contributed by atoms with Crippen molar-refractivity contribution in [3.63, 3.8) is 0 Å². The van der Waals surface area contributed by atoms with Gasteiger partial charge in [0.25, 0.3) is 11.5 Å². The lowest BCUT2D eigenvalue weighted by Gasteiger charge is -2.30. The second-order valence-electron chi connectivity index (χ2n) is 6.51. The van der Waals surface area contributed by atoms with Crippen molar-refractivity contribution in [1.29, 1.82) is 0 Å². The molecule has 1 aliphatic heterocycles. The molecule has 1 aromatic heterocycles. The molecule has 2 N–H and O–H groups in total. The second kappa shape index (κ2) is 7.63. The fraction of sp³-hybridized carbons (Fsp3) is 0.389. The van der Waals surface area contributed by atoms with Crippen molar-refractivity contribution in [2.75, 3.05) is 18.0 Å². The molecule has 0 radical (unpaired) electrons. The summed E-state index contributed by atoms with van der Waals surface area (Å²) < 4.78 is 26.9. The molecule has 1 saturated heterocycles. The van der Waals surface area contributed by atoms with Crippen LogP contribution in [0, 0.1) is 17.6 Å². The van der Waals surface area contributed by atoms with Crippen LogP contribution in [0.5, 0.6) is 0 Å². The Hall–Kier alpha value is -2.77. The number of hydrogen-bond donors (Lipinski definition) is 2. The Morgan fingerprint density at radius 1 is 1.35 bits per heavy atom. The normalized spacial score (nSPS) is 15.1. The predicted octanol–water partition coefficient (Wildman–Crippen LogP) is 2.21. The molecule has 1 aliphatic rings. The highest BCUT2D eigenvalue weighted by molar-refractivity contribution is 5.94. The summed E-state index contributed by atoms with van der Waals surface area (Å²) in [5.74, 6) is -1.95. The van der Waals surface area contributed by atoms with Crippen LogP contribution < -0.4 is 15.8 Å². The zero-order chi connectivity index (χ0) is 18.7. The Bertz CT molecular complexity index is 861. The molecule has 2 heterocycles. The van der Waals surface area contributed by atoms with Gasteiger partial charge in [0.1, 0.15) is 0 Å². The zero-order valence-electron chi connectivity index (χ0n) is 14.4. The van der Waals surface area contributed by atoms with E-state index in [2.05, 4.69) is 22.2 Å². The first-order valence-electron chi connectivity index (χ1n) is 8.51. The number of carbonyl (C=O) groups is 1. The van der Waals surface area contributed by atoms with Gasteiger partial charge in [0.15, 0.2) is 11.6 Å². The third kappa shape index (κ3) is 4.07. The second-order valence-corrected chi connectivity index (χ2v) is 6.51. The molecule has 0 bridgehead atoms. The van der Waals surface area contributed by atoms with E-state index in [1.807, 2.05) is 4.90 Å². The fourth-order valence-electron chi connectivity index (χ4n) is 2.90. The first kappa shape index (κ1) is 18.0. The number of rotatable bonds is 4.